The number of para-hydroxylation sites is 1. The Balaban J connectivity index is 1.53. The number of benzene rings is 1. The van der Waals surface area contributed by atoms with Crippen LogP contribution in [0.3, 0.4) is 0 Å². The highest BCUT2D eigenvalue weighted by atomic mass is 32.2. The van der Waals surface area contributed by atoms with Crippen LogP contribution in [0.1, 0.15) is 50.5 Å². The Labute approximate surface area is 159 Å². The van der Waals surface area contributed by atoms with Crippen molar-refractivity contribution in [3.8, 4) is 5.75 Å². The molecule has 0 saturated heterocycles. The minimum Gasteiger partial charge on any atom is -0.493 e. The van der Waals surface area contributed by atoms with Crippen molar-refractivity contribution in [3.05, 3.63) is 29.8 Å². The molecule has 0 amide bonds. The van der Waals surface area contributed by atoms with Crippen molar-refractivity contribution < 1.29 is 8.95 Å². The van der Waals surface area contributed by atoms with E-state index >= 15 is 0 Å². The smallest absolute Gasteiger partial charge is 0.191 e. The van der Waals surface area contributed by atoms with Crippen LogP contribution in [0.25, 0.3) is 0 Å². The van der Waals surface area contributed by atoms with Crippen LogP contribution in [-0.2, 0) is 10.8 Å². The molecule has 1 aliphatic heterocycles. The third-order valence-corrected chi connectivity index (χ3v) is 7.19. The molecule has 0 radical (unpaired) electrons. The molecule has 5 nitrogen and oxygen atoms in total. The molecule has 2 N–H and O–H groups in total. The van der Waals surface area contributed by atoms with Gasteiger partial charge in [-0.2, -0.15) is 0 Å². The number of guanidine groups is 1. The molecule has 144 valence electrons. The van der Waals surface area contributed by atoms with Gasteiger partial charge in [0.1, 0.15) is 5.75 Å². The van der Waals surface area contributed by atoms with E-state index < -0.39 is 10.8 Å². The maximum atomic E-state index is 12.1. The van der Waals surface area contributed by atoms with Crippen LogP contribution >= 0.6 is 0 Å². The lowest BCUT2D eigenvalue weighted by Crippen LogP contribution is -2.47. The average Bonchev–Trinajstić information content (AvgIpc) is 2.70. The van der Waals surface area contributed by atoms with E-state index in [0.717, 1.165) is 62.7 Å². The molecule has 1 heterocycles. The van der Waals surface area contributed by atoms with Gasteiger partial charge < -0.3 is 15.4 Å². The summed E-state index contributed by atoms with van der Waals surface area (Å²) in [4.78, 5) is 4.40. The van der Waals surface area contributed by atoms with Crippen LogP contribution in [0, 0.1) is 0 Å². The van der Waals surface area contributed by atoms with Gasteiger partial charge in [0.2, 0.25) is 0 Å². The molecule has 0 spiro atoms. The number of ether oxygens (including phenoxy) is 1. The summed E-state index contributed by atoms with van der Waals surface area (Å²) >= 11 is 0. The zero-order valence-corrected chi connectivity index (χ0v) is 16.7. The minimum absolute atomic E-state index is 0.326. The van der Waals surface area contributed by atoms with Crippen LogP contribution in [0.15, 0.2) is 29.3 Å². The average molecular weight is 378 g/mol. The maximum Gasteiger partial charge on any atom is 0.191 e. The first-order valence-electron chi connectivity index (χ1n) is 9.77. The predicted molar refractivity (Wildman–Crippen MR) is 109 cm³/mol. The molecule has 4 unspecified atom stereocenters. The monoisotopic (exact) mass is 377 g/mol. The van der Waals surface area contributed by atoms with Crippen LogP contribution in [-0.4, -0.2) is 47.4 Å². The van der Waals surface area contributed by atoms with Gasteiger partial charge in [0.15, 0.2) is 5.96 Å². The van der Waals surface area contributed by atoms with E-state index in [1.807, 2.05) is 26.1 Å². The molecule has 26 heavy (non-hydrogen) atoms. The molecule has 1 saturated carbocycles. The van der Waals surface area contributed by atoms with Gasteiger partial charge in [0, 0.05) is 47.4 Å². The number of fused-ring (bicyclic) bond motifs is 1. The Morgan fingerprint density at radius 3 is 2.96 bits per heavy atom. The second-order valence-corrected chi connectivity index (χ2v) is 9.13. The minimum atomic E-state index is -0.698. The van der Waals surface area contributed by atoms with Gasteiger partial charge in [-0.25, -0.2) is 0 Å². The molecule has 0 aromatic heterocycles. The van der Waals surface area contributed by atoms with E-state index in [-0.39, 0.29) is 0 Å². The highest BCUT2D eigenvalue weighted by molar-refractivity contribution is 7.85. The van der Waals surface area contributed by atoms with Crippen molar-refractivity contribution in [2.45, 2.75) is 56.2 Å². The molecule has 1 aromatic carbocycles. The normalized spacial score (nSPS) is 27.2. The van der Waals surface area contributed by atoms with E-state index in [0.29, 0.717) is 17.2 Å². The number of aliphatic imine (C=N–C) groups is 1. The van der Waals surface area contributed by atoms with E-state index in [9.17, 15) is 4.21 Å². The zero-order chi connectivity index (χ0) is 18.4. The van der Waals surface area contributed by atoms with E-state index in [2.05, 4.69) is 27.8 Å². The molecule has 1 aliphatic carbocycles. The van der Waals surface area contributed by atoms with Gasteiger partial charge in [-0.3, -0.25) is 9.20 Å². The zero-order valence-electron chi connectivity index (χ0n) is 15.9. The summed E-state index contributed by atoms with van der Waals surface area (Å²) in [7, 11) is 1.12. The van der Waals surface area contributed by atoms with Gasteiger partial charge in [-0.15, -0.1) is 0 Å². The van der Waals surface area contributed by atoms with Crippen LogP contribution in [0.2, 0.25) is 0 Å². The Kier molecular flexibility index (Phi) is 6.94. The highest BCUT2D eigenvalue weighted by Gasteiger charge is 2.26. The van der Waals surface area contributed by atoms with Gasteiger partial charge in [-0.05, 0) is 37.3 Å². The summed E-state index contributed by atoms with van der Waals surface area (Å²) in [5.74, 6) is 3.05. The molecule has 1 aromatic rings. The molecular formula is C20H31N3O2S. The molecule has 2 aliphatic rings. The first-order chi connectivity index (χ1) is 12.7. The van der Waals surface area contributed by atoms with E-state index in [4.69, 9.17) is 4.74 Å². The first-order valence-corrected chi connectivity index (χ1v) is 11.2. The molecule has 1 fully saturated rings. The fourth-order valence-electron chi connectivity index (χ4n) is 3.99. The Morgan fingerprint density at radius 1 is 1.31 bits per heavy atom. The maximum absolute atomic E-state index is 12.1. The number of nitrogens with zero attached hydrogens (tertiary/aromatic N) is 1. The van der Waals surface area contributed by atoms with Crippen LogP contribution < -0.4 is 15.4 Å². The number of hydrogen-bond acceptors (Lipinski definition) is 3. The SMILES string of the molecule is CCS(=O)C1CCCC(NC(=NC)NCC2CCOc3ccccc32)C1. The number of hydrogen-bond donors (Lipinski definition) is 2. The van der Waals surface area contributed by atoms with Crippen molar-refractivity contribution in [1.82, 2.24) is 10.6 Å². The molecule has 4 atom stereocenters. The molecule has 6 heteroatoms. The van der Waals surface area contributed by atoms with Gasteiger partial charge in [0.25, 0.3) is 0 Å². The summed E-state index contributed by atoms with van der Waals surface area (Å²) in [6.45, 7) is 3.62. The lowest BCUT2D eigenvalue weighted by Gasteiger charge is -2.31. The standard InChI is InChI=1S/C20H31N3O2S/c1-3-26(24)17-8-6-7-16(13-17)23-20(21-2)22-14-15-11-12-25-19-10-5-4-9-18(15)19/h4-5,9-10,15-17H,3,6-8,11-14H2,1-2H3,(H2,21,22,23). The van der Waals surface area contributed by atoms with E-state index in [1.165, 1.54) is 5.56 Å². The predicted octanol–water partition coefficient (Wildman–Crippen LogP) is 2.80. The summed E-state index contributed by atoms with van der Waals surface area (Å²) in [5, 5.41) is 7.37. The highest BCUT2D eigenvalue weighted by Crippen LogP contribution is 2.32. The third kappa shape index (κ3) is 4.78. The fraction of sp³-hybridized carbons (Fsp3) is 0.650. The third-order valence-electron chi connectivity index (χ3n) is 5.45. The second kappa shape index (κ2) is 9.40. The Bertz CT molecular complexity index is 650. The van der Waals surface area contributed by atoms with Gasteiger partial charge in [-0.1, -0.05) is 31.5 Å². The van der Waals surface area contributed by atoms with Crippen molar-refractivity contribution in [3.63, 3.8) is 0 Å². The van der Waals surface area contributed by atoms with Gasteiger partial charge in [0.05, 0.1) is 6.61 Å². The summed E-state index contributed by atoms with van der Waals surface area (Å²) in [6.07, 6.45) is 5.34. The molecule has 0 bridgehead atoms. The first kappa shape index (κ1) is 19.2. The van der Waals surface area contributed by atoms with E-state index in [1.54, 1.807) is 0 Å². The lowest BCUT2D eigenvalue weighted by molar-refractivity contribution is 0.267. The van der Waals surface area contributed by atoms with Crippen molar-refractivity contribution >= 4 is 16.8 Å². The van der Waals surface area contributed by atoms with Gasteiger partial charge >= 0.3 is 0 Å². The number of nitrogens with one attached hydrogen (secondary N) is 2. The largest absolute Gasteiger partial charge is 0.493 e. The topological polar surface area (TPSA) is 62.7 Å². The quantitative estimate of drug-likeness (QED) is 0.612. The Morgan fingerprint density at radius 2 is 2.15 bits per heavy atom. The summed E-state index contributed by atoms with van der Waals surface area (Å²) in [6, 6.07) is 8.66. The Hall–Kier alpha value is -1.56. The fourth-order valence-corrected chi connectivity index (χ4v) is 5.33. The summed E-state index contributed by atoms with van der Waals surface area (Å²) < 4.78 is 17.9. The molecular weight excluding hydrogens is 346 g/mol. The number of rotatable bonds is 5. The van der Waals surface area contributed by atoms with Crippen LogP contribution in [0.5, 0.6) is 5.75 Å². The van der Waals surface area contributed by atoms with Crippen molar-refractivity contribution in [2.24, 2.45) is 4.99 Å². The summed E-state index contributed by atoms with van der Waals surface area (Å²) in [5.41, 5.74) is 1.28. The second-order valence-electron chi connectivity index (χ2n) is 7.12. The lowest BCUT2D eigenvalue weighted by atomic mass is 9.93. The van der Waals surface area contributed by atoms with Crippen LogP contribution in [0.4, 0.5) is 0 Å². The van der Waals surface area contributed by atoms with Crippen molar-refractivity contribution in [2.75, 3.05) is 26.0 Å². The molecule has 3 rings (SSSR count). The van der Waals surface area contributed by atoms with Crippen molar-refractivity contribution in [1.29, 1.82) is 0 Å².